The van der Waals surface area contributed by atoms with Gasteiger partial charge in [0.2, 0.25) is 0 Å². The molecule has 0 rings (SSSR count). The fourth-order valence-corrected chi connectivity index (χ4v) is 2.98. The van der Waals surface area contributed by atoms with E-state index in [1.807, 2.05) is 27.7 Å². The standard InChI is InChI=1S/C12H27O4P.Zn/c1-9(2)7-11(5)15-17(13,14)16-12(6)8-10(3)4;/h9-12H,7-8H2,1-6H3,(H,13,14);/q;+1/p-1. The first-order chi connectivity index (χ1) is 7.62. The van der Waals surface area contributed by atoms with Gasteiger partial charge in [-0.3, -0.25) is 4.57 Å². The van der Waals surface area contributed by atoms with Gasteiger partial charge in [0.1, 0.15) is 0 Å². The number of phosphoric acid groups is 1. The summed E-state index contributed by atoms with van der Waals surface area (Å²) in [4.78, 5) is 11.6. The summed E-state index contributed by atoms with van der Waals surface area (Å²) >= 11 is 0. The van der Waals surface area contributed by atoms with Crippen LogP contribution in [0.4, 0.5) is 0 Å². The second kappa shape index (κ2) is 9.61. The van der Waals surface area contributed by atoms with E-state index in [4.69, 9.17) is 9.05 Å². The number of hydrogen-bond acceptors (Lipinski definition) is 4. The summed E-state index contributed by atoms with van der Waals surface area (Å²) in [5.74, 6) is 0.802. The Labute approximate surface area is 124 Å². The van der Waals surface area contributed by atoms with Crippen molar-refractivity contribution < 1.29 is 38.0 Å². The first-order valence-electron chi connectivity index (χ1n) is 6.30. The monoisotopic (exact) mass is 329 g/mol. The van der Waals surface area contributed by atoms with Crippen LogP contribution in [0.25, 0.3) is 0 Å². The molecule has 2 unspecified atom stereocenters. The summed E-state index contributed by atoms with van der Waals surface area (Å²) in [6, 6.07) is 0. The third-order valence-corrected chi connectivity index (χ3v) is 3.46. The van der Waals surface area contributed by atoms with E-state index < -0.39 is 7.82 Å². The molecule has 0 N–H and O–H groups in total. The molecule has 18 heavy (non-hydrogen) atoms. The van der Waals surface area contributed by atoms with E-state index in [9.17, 15) is 9.46 Å². The van der Waals surface area contributed by atoms with Gasteiger partial charge in [-0.15, -0.1) is 0 Å². The minimum atomic E-state index is -4.17. The summed E-state index contributed by atoms with van der Waals surface area (Å²) in [6.07, 6.45) is 0.747. The molecule has 0 heterocycles. The average molecular weight is 331 g/mol. The van der Waals surface area contributed by atoms with Gasteiger partial charge in [0.15, 0.2) is 0 Å². The molecule has 1 radical (unpaired) electrons. The minimum absolute atomic E-state index is 0. The molecule has 0 spiro atoms. The molecule has 6 heteroatoms. The van der Waals surface area contributed by atoms with Crippen LogP contribution >= 0.6 is 7.82 Å². The number of phosphoric ester groups is 1. The maximum Gasteiger partial charge on any atom is 1.00 e. The second-order valence-corrected chi connectivity index (χ2v) is 6.85. The first kappa shape index (κ1) is 21.0. The van der Waals surface area contributed by atoms with Gasteiger partial charge in [-0.1, -0.05) is 27.7 Å². The topological polar surface area (TPSA) is 58.6 Å². The maximum absolute atomic E-state index is 11.6. The van der Waals surface area contributed by atoms with Crippen molar-refractivity contribution >= 4 is 7.82 Å². The van der Waals surface area contributed by atoms with Crippen LogP contribution in [0.3, 0.4) is 0 Å². The van der Waals surface area contributed by atoms with Crippen molar-refractivity contribution in [3.63, 3.8) is 0 Å². The molecule has 0 fully saturated rings. The zero-order valence-corrected chi connectivity index (χ0v) is 16.4. The van der Waals surface area contributed by atoms with Crippen molar-refractivity contribution in [1.82, 2.24) is 0 Å². The van der Waals surface area contributed by atoms with Gasteiger partial charge in [0, 0.05) is 0 Å². The SMILES string of the molecule is CC(C)CC(C)OP(=O)([O-])OC(C)CC(C)C.[Zn+]. The summed E-state index contributed by atoms with van der Waals surface area (Å²) in [5.41, 5.74) is 0. The second-order valence-electron chi connectivity index (χ2n) is 5.54. The largest absolute Gasteiger partial charge is 1.00 e. The van der Waals surface area contributed by atoms with Gasteiger partial charge in [0.25, 0.3) is 7.82 Å². The van der Waals surface area contributed by atoms with Crippen LogP contribution < -0.4 is 4.89 Å². The Morgan fingerprint density at radius 3 is 1.39 bits per heavy atom. The van der Waals surface area contributed by atoms with E-state index in [0.29, 0.717) is 24.7 Å². The normalized spacial score (nSPS) is 18.3. The molecular formula is C12H26O4PZn. The van der Waals surface area contributed by atoms with E-state index in [0.717, 1.165) is 0 Å². The molecule has 0 aliphatic heterocycles. The first-order valence-corrected chi connectivity index (χ1v) is 7.76. The van der Waals surface area contributed by atoms with Crippen LogP contribution in [-0.4, -0.2) is 12.2 Å². The molecule has 105 valence electrons. The van der Waals surface area contributed by atoms with Crippen LogP contribution in [0.1, 0.15) is 54.4 Å². The zero-order valence-electron chi connectivity index (χ0n) is 12.5. The van der Waals surface area contributed by atoms with Gasteiger partial charge < -0.3 is 13.9 Å². The van der Waals surface area contributed by atoms with Gasteiger partial charge >= 0.3 is 19.5 Å². The molecule has 0 aromatic heterocycles. The fourth-order valence-electron chi connectivity index (χ4n) is 1.88. The molecule has 0 amide bonds. The van der Waals surface area contributed by atoms with Crippen molar-refractivity contribution in [1.29, 1.82) is 0 Å². The number of hydrogen-bond donors (Lipinski definition) is 0. The number of rotatable bonds is 8. The Kier molecular flexibility index (Phi) is 11.2. The van der Waals surface area contributed by atoms with Crippen LogP contribution in [0.5, 0.6) is 0 Å². The molecule has 4 nitrogen and oxygen atoms in total. The van der Waals surface area contributed by atoms with Gasteiger partial charge in [-0.05, 0) is 38.5 Å². The van der Waals surface area contributed by atoms with E-state index in [1.54, 1.807) is 13.8 Å². The van der Waals surface area contributed by atoms with E-state index in [2.05, 4.69) is 0 Å². The fraction of sp³-hybridized carbons (Fsp3) is 1.00. The zero-order chi connectivity index (χ0) is 13.6. The molecule has 0 saturated carbocycles. The summed E-state index contributed by atoms with van der Waals surface area (Å²) in [5, 5.41) is 0. The van der Waals surface area contributed by atoms with Crippen molar-refractivity contribution in [2.24, 2.45) is 11.8 Å². The molecule has 0 aliphatic rings. The Morgan fingerprint density at radius 2 is 1.17 bits per heavy atom. The molecular weight excluding hydrogens is 304 g/mol. The van der Waals surface area contributed by atoms with E-state index in [1.165, 1.54) is 0 Å². The van der Waals surface area contributed by atoms with Gasteiger partial charge in [-0.25, -0.2) is 0 Å². The van der Waals surface area contributed by atoms with Crippen LogP contribution in [0.15, 0.2) is 0 Å². The summed E-state index contributed by atoms with van der Waals surface area (Å²) in [7, 11) is -4.17. The maximum atomic E-state index is 11.6. The predicted molar refractivity (Wildman–Crippen MR) is 67.6 cm³/mol. The smallest absolute Gasteiger partial charge is 0.756 e. The Balaban J connectivity index is 0. The van der Waals surface area contributed by atoms with Gasteiger partial charge in [0.05, 0.1) is 12.2 Å². The van der Waals surface area contributed by atoms with Crippen molar-refractivity contribution in [2.45, 2.75) is 66.6 Å². The van der Waals surface area contributed by atoms with E-state index >= 15 is 0 Å². The van der Waals surface area contributed by atoms with Crippen LogP contribution in [0.2, 0.25) is 0 Å². The molecule has 0 aromatic rings. The summed E-state index contributed by atoms with van der Waals surface area (Å²) < 4.78 is 21.6. The Bertz CT molecular complexity index is 236. The molecule has 0 bridgehead atoms. The Morgan fingerprint density at radius 1 is 0.889 bits per heavy atom. The van der Waals surface area contributed by atoms with Crippen LogP contribution in [0, 0.1) is 11.8 Å². The predicted octanol–water partition coefficient (Wildman–Crippen LogP) is 3.35. The molecule has 0 saturated heterocycles. The minimum Gasteiger partial charge on any atom is -0.756 e. The van der Waals surface area contributed by atoms with Gasteiger partial charge in [-0.2, -0.15) is 0 Å². The van der Waals surface area contributed by atoms with Crippen molar-refractivity contribution in [3.05, 3.63) is 0 Å². The third-order valence-electron chi connectivity index (χ3n) is 2.22. The van der Waals surface area contributed by atoms with Crippen molar-refractivity contribution in [2.75, 3.05) is 0 Å². The molecule has 2 atom stereocenters. The van der Waals surface area contributed by atoms with E-state index in [-0.39, 0.29) is 31.7 Å². The summed E-state index contributed by atoms with van der Waals surface area (Å²) in [6.45, 7) is 11.6. The molecule has 0 aromatic carbocycles. The third kappa shape index (κ3) is 11.8. The Hall–Kier alpha value is 0.733. The van der Waals surface area contributed by atoms with Crippen molar-refractivity contribution in [3.8, 4) is 0 Å². The average Bonchev–Trinajstić information content (AvgIpc) is 1.95. The van der Waals surface area contributed by atoms with Crippen LogP contribution in [-0.2, 0) is 33.1 Å². The molecule has 0 aliphatic carbocycles. The quantitative estimate of drug-likeness (QED) is 0.506.